The Labute approximate surface area is 141 Å². The number of hydrogen-bond acceptors (Lipinski definition) is 2. The Morgan fingerprint density at radius 1 is 1.29 bits per heavy atom. The third-order valence-corrected chi connectivity index (χ3v) is 2.68. The van der Waals surface area contributed by atoms with Gasteiger partial charge >= 0.3 is 6.61 Å². The summed E-state index contributed by atoms with van der Waals surface area (Å²) in [4.78, 5) is 4.07. The van der Waals surface area contributed by atoms with Gasteiger partial charge in [-0.3, -0.25) is 4.99 Å². The number of benzene rings is 1. The molecule has 7 heteroatoms. The van der Waals surface area contributed by atoms with Crippen molar-refractivity contribution in [3.05, 3.63) is 29.8 Å². The summed E-state index contributed by atoms with van der Waals surface area (Å²) >= 11 is 0. The number of para-hydroxylation sites is 1. The Balaban J connectivity index is 0.00000400. The van der Waals surface area contributed by atoms with Gasteiger partial charge in [0.2, 0.25) is 0 Å². The Morgan fingerprint density at radius 3 is 2.62 bits per heavy atom. The van der Waals surface area contributed by atoms with Gasteiger partial charge in [-0.2, -0.15) is 8.78 Å². The first-order valence-corrected chi connectivity index (χ1v) is 6.64. The predicted octanol–water partition coefficient (Wildman–Crippen LogP) is 3.37. The third kappa shape index (κ3) is 8.03. The van der Waals surface area contributed by atoms with Crippen molar-refractivity contribution in [2.45, 2.75) is 32.9 Å². The van der Waals surface area contributed by atoms with Crippen LogP contribution in [0.3, 0.4) is 0 Å². The maximum absolute atomic E-state index is 12.3. The van der Waals surface area contributed by atoms with Gasteiger partial charge in [0, 0.05) is 25.7 Å². The monoisotopic (exact) mass is 413 g/mol. The number of alkyl halides is 2. The zero-order valence-corrected chi connectivity index (χ0v) is 14.6. The Kier molecular flexibility index (Phi) is 10.9. The van der Waals surface area contributed by atoms with Crippen molar-refractivity contribution in [2.24, 2.45) is 4.99 Å². The van der Waals surface area contributed by atoms with Gasteiger partial charge in [0.1, 0.15) is 5.75 Å². The zero-order chi connectivity index (χ0) is 14.8. The molecular weight excluding hydrogens is 391 g/mol. The summed E-state index contributed by atoms with van der Waals surface area (Å²) < 4.78 is 29.1. The van der Waals surface area contributed by atoms with Gasteiger partial charge < -0.3 is 15.4 Å². The number of rotatable bonds is 7. The van der Waals surface area contributed by atoms with E-state index in [0.29, 0.717) is 18.1 Å². The minimum absolute atomic E-state index is 0. The van der Waals surface area contributed by atoms with E-state index in [4.69, 9.17) is 0 Å². The van der Waals surface area contributed by atoms with Crippen LogP contribution in [0.5, 0.6) is 5.75 Å². The van der Waals surface area contributed by atoms with Crippen LogP contribution >= 0.6 is 24.0 Å². The SMILES string of the molecule is CCCCNC(=NC)NCc1ccccc1OC(F)F.I. The van der Waals surface area contributed by atoms with E-state index in [2.05, 4.69) is 27.3 Å². The molecule has 0 spiro atoms. The minimum atomic E-state index is -2.82. The summed E-state index contributed by atoms with van der Waals surface area (Å²) in [6.45, 7) is 0.480. The Morgan fingerprint density at radius 2 is 2.00 bits per heavy atom. The van der Waals surface area contributed by atoms with Gasteiger partial charge in [-0.05, 0) is 12.5 Å². The normalized spacial score (nSPS) is 11.0. The lowest BCUT2D eigenvalue weighted by Crippen LogP contribution is -2.37. The topological polar surface area (TPSA) is 45.7 Å². The van der Waals surface area contributed by atoms with Gasteiger partial charge in [0.05, 0.1) is 0 Å². The molecule has 1 aromatic carbocycles. The number of nitrogens with zero attached hydrogens (tertiary/aromatic N) is 1. The van der Waals surface area contributed by atoms with E-state index in [0.717, 1.165) is 19.4 Å². The molecule has 0 unspecified atom stereocenters. The first-order chi connectivity index (χ1) is 9.67. The van der Waals surface area contributed by atoms with Crippen molar-refractivity contribution >= 4 is 29.9 Å². The van der Waals surface area contributed by atoms with Crippen molar-refractivity contribution in [3.8, 4) is 5.75 Å². The number of unbranched alkanes of at least 4 members (excludes halogenated alkanes) is 1. The average Bonchev–Trinajstić information content (AvgIpc) is 2.43. The maximum Gasteiger partial charge on any atom is 0.387 e. The highest BCUT2D eigenvalue weighted by molar-refractivity contribution is 14.0. The van der Waals surface area contributed by atoms with E-state index in [9.17, 15) is 8.78 Å². The minimum Gasteiger partial charge on any atom is -0.434 e. The summed E-state index contributed by atoms with van der Waals surface area (Å²) in [5, 5.41) is 6.22. The fourth-order valence-corrected chi connectivity index (χ4v) is 1.64. The predicted molar refractivity (Wildman–Crippen MR) is 91.6 cm³/mol. The summed E-state index contributed by atoms with van der Waals surface area (Å²) in [7, 11) is 1.67. The second kappa shape index (κ2) is 11.5. The van der Waals surface area contributed by atoms with Crippen LogP contribution in [-0.2, 0) is 6.54 Å². The van der Waals surface area contributed by atoms with Crippen LogP contribution < -0.4 is 15.4 Å². The molecule has 0 radical (unpaired) electrons. The molecule has 4 nitrogen and oxygen atoms in total. The summed E-state index contributed by atoms with van der Waals surface area (Å²) in [5.41, 5.74) is 0.659. The van der Waals surface area contributed by atoms with Gasteiger partial charge in [-0.15, -0.1) is 24.0 Å². The molecule has 0 aliphatic carbocycles. The van der Waals surface area contributed by atoms with Crippen LogP contribution in [-0.4, -0.2) is 26.2 Å². The Hall–Kier alpha value is -1.12. The highest BCUT2D eigenvalue weighted by atomic mass is 127. The molecule has 2 N–H and O–H groups in total. The van der Waals surface area contributed by atoms with Crippen LogP contribution in [0.25, 0.3) is 0 Å². The maximum atomic E-state index is 12.3. The van der Waals surface area contributed by atoms with E-state index in [1.807, 2.05) is 0 Å². The number of hydrogen-bond donors (Lipinski definition) is 2. The van der Waals surface area contributed by atoms with Crippen molar-refractivity contribution in [1.29, 1.82) is 0 Å². The molecule has 0 aromatic heterocycles. The molecule has 1 rings (SSSR count). The van der Waals surface area contributed by atoms with E-state index in [1.165, 1.54) is 6.07 Å². The molecule has 120 valence electrons. The van der Waals surface area contributed by atoms with Crippen LogP contribution in [0.4, 0.5) is 8.78 Å². The Bertz CT molecular complexity index is 430. The smallest absolute Gasteiger partial charge is 0.387 e. The number of ether oxygens (including phenoxy) is 1. The van der Waals surface area contributed by atoms with E-state index >= 15 is 0 Å². The largest absolute Gasteiger partial charge is 0.434 e. The van der Waals surface area contributed by atoms with Gasteiger partial charge in [-0.25, -0.2) is 0 Å². The lowest BCUT2D eigenvalue weighted by Gasteiger charge is -2.14. The summed E-state index contributed by atoms with van der Waals surface area (Å²) in [6, 6.07) is 6.71. The van der Waals surface area contributed by atoms with Crippen molar-refractivity contribution in [1.82, 2.24) is 10.6 Å². The quantitative estimate of drug-likeness (QED) is 0.312. The van der Waals surface area contributed by atoms with Crippen LogP contribution in [0.1, 0.15) is 25.3 Å². The molecule has 0 heterocycles. The molecule has 0 saturated carbocycles. The first-order valence-electron chi connectivity index (χ1n) is 6.64. The third-order valence-electron chi connectivity index (χ3n) is 2.68. The van der Waals surface area contributed by atoms with Gasteiger partial charge in [-0.1, -0.05) is 31.5 Å². The van der Waals surface area contributed by atoms with Crippen LogP contribution in [0.15, 0.2) is 29.3 Å². The number of aliphatic imine (C=N–C) groups is 1. The van der Waals surface area contributed by atoms with Crippen LogP contribution in [0, 0.1) is 0 Å². The molecule has 0 aliphatic heterocycles. The summed E-state index contributed by atoms with van der Waals surface area (Å²) in [5.74, 6) is 0.823. The van der Waals surface area contributed by atoms with Crippen molar-refractivity contribution in [2.75, 3.05) is 13.6 Å². The van der Waals surface area contributed by atoms with Gasteiger partial charge in [0.15, 0.2) is 5.96 Å². The second-order valence-electron chi connectivity index (χ2n) is 4.19. The van der Waals surface area contributed by atoms with E-state index < -0.39 is 6.61 Å². The molecule has 0 saturated heterocycles. The van der Waals surface area contributed by atoms with Gasteiger partial charge in [0.25, 0.3) is 0 Å². The molecule has 0 atom stereocenters. The standard InChI is InChI=1S/C14H21F2N3O.HI/c1-3-4-9-18-14(17-2)19-10-11-7-5-6-8-12(11)20-13(15)16;/h5-8,13H,3-4,9-10H2,1-2H3,(H2,17,18,19);1H. The number of guanidine groups is 1. The molecular formula is C14H22F2IN3O. The molecule has 0 amide bonds. The molecule has 1 aromatic rings. The fraction of sp³-hybridized carbons (Fsp3) is 0.500. The van der Waals surface area contributed by atoms with E-state index in [-0.39, 0.29) is 29.7 Å². The lowest BCUT2D eigenvalue weighted by atomic mass is 10.2. The molecule has 0 aliphatic rings. The van der Waals surface area contributed by atoms with E-state index in [1.54, 1.807) is 25.2 Å². The average molecular weight is 413 g/mol. The molecule has 0 fully saturated rings. The van der Waals surface area contributed by atoms with Crippen molar-refractivity contribution < 1.29 is 13.5 Å². The number of halogens is 3. The highest BCUT2D eigenvalue weighted by Crippen LogP contribution is 2.19. The zero-order valence-electron chi connectivity index (χ0n) is 12.2. The lowest BCUT2D eigenvalue weighted by molar-refractivity contribution is -0.0504. The molecule has 0 bridgehead atoms. The first kappa shape index (κ1) is 19.9. The fourth-order valence-electron chi connectivity index (χ4n) is 1.64. The number of nitrogens with one attached hydrogen (secondary N) is 2. The highest BCUT2D eigenvalue weighted by Gasteiger charge is 2.09. The van der Waals surface area contributed by atoms with Crippen molar-refractivity contribution in [3.63, 3.8) is 0 Å². The van der Waals surface area contributed by atoms with Crippen LogP contribution in [0.2, 0.25) is 0 Å². The summed E-state index contributed by atoms with van der Waals surface area (Å²) in [6.07, 6.45) is 2.14. The second-order valence-corrected chi connectivity index (χ2v) is 4.19. The molecule has 21 heavy (non-hydrogen) atoms.